The van der Waals surface area contributed by atoms with Gasteiger partial charge in [-0.2, -0.15) is 13.2 Å². The molecule has 16 heteroatoms. The average molecular weight is 548 g/mol. The van der Waals surface area contributed by atoms with Crippen molar-refractivity contribution in [3.63, 3.8) is 0 Å². The monoisotopic (exact) mass is 547 g/mol. The van der Waals surface area contributed by atoms with Crippen molar-refractivity contribution in [2.24, 2.45) is 0 Å². The summed E-state index contributed by atoms with van der Waals surface area (Å²) in [6, 6.07) is 3.05. The van der Waals surface area contributed by atoms with Crippen LogP contribution in [0.4, 0.5) is 19.0 Å². The van der Waals surface area contributed by atoms with Gasteiger partial charge in [-0.15, -0.1) is 5.10 Å². The minimum Gasteiger partial charge on any atom is -0.475 e. The van der Waals surface area contributed by atoms with Gasteiger partial charge >= 0.3 is 12.1 Å². The molecule has 12 nitrogen and oxygen atoms in total. The third kappa shape index (κ3) is 5.17. The lowest BCUT2D eigenvalue weighted by Crippen LogP contribution is -2.28. The number of carboxylic acids is 1. The fourth-order valence-corrected chi connectivity index (χ4v) is 3.82. The number of halogens is 4. The number of nitrogen functional groups attached to an aromatic ring is 1. The zero-order valence-electron chi connectivity index (χ0n) is 19.3. The molecule has 0 saturated heterocycles. The van der Waals surface area contributed by atoms with Gasteiger partial charge in [-0.25, -0.2) is 19.3 Å². The van der Waals surface area contributed by atoms with E-state index in [1.54, 1.807) is 55.6 Å². The van der Waals surface area contributed by atoms with E-state index in [9.17, 15) is 18.0 Å². The summed E-state index contributed by atoms with van der Waals surface area (Å²) in [6.07, 6.45) is 6.33. The third-order valence-corrected chi connectivity index (χ3v) is 5.49. The molecule has 0 aromatic carbocycles. The maximum atomic E-state index is 13.1. The number of hydrogen-bond donors (Lipinski definition) is 3. The van der Waals surface area contributed by atoms with E-state index in [1.165, 1.54) is 4.52 Å². The quantitative estimate of drug-likeness (QED) is 0.306. The van der Waals surface area contributed by atoms with Crippen molar-refractivity contribution in [2.45, 2.75) is 19.1 Å². The molecular weight excluding hydrogens is 531 g/mol. The first-order chi connectivity index (χ1) is 18.0. The first-order valence-electron chi connectivity index (χ1n) is 10.6. The zero-order valence-corrected chi connectivity index (χ0v) is 20.0. The van der Waals surface area contributed by atoms with E-state index in [-0.39, 0.29) is 11.4 Å². The molecule has 5 heterocycles. The van der Waals surface area contributed by atoms with Crippen LogP contribution in [0.25, 0.3) is 22.6 Å². The highest BCUT2D eigenvalue weighted by molar-refractivity contribution is 6.34. The number of anilines is 1. The molecule has 0 radical (unpaired) electrons. The number of imidazole rings is 1. The van der Waals surface area contributed by atoms with Gasteiger partial charge in [-0.05, 0) is 19.1 Å². The predicted octanol–water partition coefficient (Wildman–Crippen LogP) is 3.19. The number of nitrogens with zero attached hydrogens (tertiary/aromatic N) is 7. The molecule has 0 aliphatic heterocycles. The minimum absolute atomic E-state index is 0.0978. The van der Waals surface area contributed by atoms with Crippen LogP contribution >= 0.6 is 11.6 Å². The van der Waals surface area contributed by atoms with Crippen LogP contribution in [0.2, 0.25) is 5.02 Å². The normalized spacial score (nSPS) is 12.1. The number of pyridine rings is 1. The van der Waals surface area contributed by atoms with Crippen LogP contribution in [0, 0.1) is 0 Å². The molecule has 0 spiro atoms. The lowest BCUT2D eigenvalue weighted by molar-refractivity contribution is -0.192. The summed E-state index contributed by atoms with van der Waals surface area (Å²) in [6.45, 7) is 1.85. The van der Waals surface area contributed by atoms with Crippen molar-refractivity contribution in [3.8, 4) is 11.4 Å². The second-order valence-corrected chi connectivity index (χ2v) is 8.09. The smallest absolute Gasteiger partial charge is 0.475 e. The molecule has 1 atom stereocenters. The summed E-state index contributed by atoms with van der Waals surface area (Å²) < 4.78 is 35.0. The van der Waals surface area contributed by atoms with E-state index >= 15 is 0 Å². The number of carboxylic acid groups (broad SMARTS) is 1. The van der Waals surface area contributed by atoms with Crippen LogP contribution in [-0.4, -0.2) is 57.1 Å². The Labute approximate surface area is 215 Å². The first-order valence-corrected chi connectivity index (χ1v) is 11.0. The Kier molecular flexibility index (Phi) is 7.12. The number of aromatic nitrogens is 7. The lowest BCUT2D eigenvalue weighted by Gasteiger charge is -2.19. The molecule has 0 saturated carbocycles. The standard InChI is InChI=1S/C20H16ClN9O.C2HF3O2/c1-11(27-20(31)16-18(22)28-30-6-2-3-26-19(16)30)12-7-13(21)15-9-24-10-29(15)17(12)14-8-23-4-5-25-14;3-2(4,5)1(6)7/h2-11H,1H3,(H2,22,28)(H,27,31);(H,6,7). The molecule has 5 aromatic heterocycles. The van der Waals surface area contributed by atoms with Crippen molar-refractivity contribution in [2.75, 3.05) is 5.73 Å². The summed E-state index contributed by atoms with van der Waals surface area (Å²) in [5.41, 5.74) is 9.39. The van der Waals surface area contributed by atoms with Crippen molar-refractivity contribution in [3.05, 3.63) is 71.8 Å². The van der Waals surface area contributed by atoms with Gasteiger partial charge < -0.3 is 16.2 Å². The molecule has 5 rings (SSSR count). The van der Waals surface area contributed by atoms with E-state index < -0.39 is 24.1 Å². The van der Waals surface area contributed by atoms with Crippen LogP contribution < -0.4 is 11.1 Å². The van der Waals surface area contributed by atoms with Gasteiger partial charge in [0.1, 0.15) is 11.3 Å². The largest absolute Gasteiger partial charge is 0.490 e. The number of alkyl halides is 3. The summed E-state index contributed by atoms with van der Waals surface area (Å²) in [5, 5.41) is 14.7. The molecule has 4 N–H and O–H groups in total. The number of hydrogen-bond acceptors (Lipinski definition) is 8. The minimum atomic E-state index is -5.08. The lowest BCUT2D eigenvalue weighted by atomic mass is 10.0. The van der Waals surface area contributed by atoms with Crippen molar-refractivity contribution < 1.29 is 27.9 Å². The Bertz CT molecular complexity index is 1640. The molecule has 38 heavy (non-hydrogen) atoms. The summed E-state index contributed by atoms with van der Waals surface area (Å²) in [4.78, 5) is 39.0. The summed E-state index contributed by atoms with van der Waals surface area (Å²) in [7, 11) is 0. The van der Waals surface area contributed by atoms with Gasteiger partial charge in [0.15, 0.2) is 11.5 Å². The zero-order chi connectivity index (χ0) is 27.6. The second-order valence-electron chi connectivity index (χ2n) is 7.68. The van der Waals surface area contributed by atoms with Crippen LogP contribution in [0.15, 0.2) is 55.6 Å². The van der Waals surface area contributed by atoms with Crippen molar-refractivity contribution >= 4 is 40.5 Å². The molecule has 0 aliphatic carbocycles. The number of rotatable bonds is 4. The van der Waals surface area contributed by atoms with Gasteiger partial charge in [0, 0.05) is 30.4 Å². The number of carbonyl (C=O) groups excluding carboxylic acids is 1. The summed E-state index contributed by atoms with van der Waals surface area (Å²) >= 11 is 6.49. The van der Waals surface area contributed by atoms with Gasteiger partial charge in [0.25, 0.3) is 5.91 Å². The number of carbonyl (C=O) groups is 2. The number of fused-ring (bicyclic) bond motifs is 2. The SMILES string of the molecule is CC(NC(=O)c1c(N)nn2cccnc12)c1cc(Cl)c2cncn2c1-c1cnccn1.O=C(O)C(F)(F)F. The number of amides is 1. The molecule has 1 amide bonds. The molecule has 0 fully saturated rings. The van der Waals surface area contributed by atoms with E-state index in [4.69, 9.17) is 27.2 Å². The molecule has 0 bridgehead atoms. The summed E-state index contributed by atoms with van der Waals surface area (Å²) in [5.74, 6) is -3.06. The van der Waals surface area contributed by atoms with E-state index in [2.05, 4.69) is 30.4 Å². The van der Waals surface area contributed by atoms with Crippen LogP contribution in [0.1, 0.15) is 28.9 Å². The highest BCUT2D eigenvalue weighted by Crippen LogP contribution is 2.32. The highest BCUT2D eigenvalue weighted by Gasteiger charge is 2.38. The van der Waals surface area contributed by atoms with E-state index in [1.807, 2.05) is 11.3 Å². The van der Waals surface area contributed by atoms with Gasteiger partial charge in [-0.3, -0.25) is 19.2 Å². The van der Waals surface area contributed by atoms with Crippen LogP contribution in [0.3, 0.4) is 0 Å². The Morgan fingerprint density at radius 1 is 1.16 bits per heavy atom. The number of nitrogens with two attached hydrogens (primary N) is 1. The van der Waals surface area contributed by atoms with Crippen molar-refractivity contribution in [1.29, 1.82) is 0 Å². The van der Waals surface area contributed by atoms with E-state index in [0.717, 1.165) is 16.8 Å². The van der Waals surface area contributed by atoms with Gasteiger partial charge in [0.2, 0.25) is 0 Å². The average Bonchev–Trinajstić information content (AvgIpc) is 3.48. The van der Waals surface area contributed by atoms with Gasteiger partial charge in [0.05, 0.1) is 41.0 Å². The maximum Gasteiger partial charge on any atom is 0.490 e. The molecule has 5 aromatic rings. The number of aliphatic carboxylic acids is 1. The topological polar surface area (TPSA) is 166 Å². The third-order valence-electron chi connectivity index (χ3n) is 5.19. The molecule has 1 unspecified atom stereocenters. The highest BCUT2D eigenvalue weighted by atomic mass is 35.5. The Morgan fingerprint density at radius 2 is 1.89 bits per heavy atom. The molecule has 0 aliphatic rings. The number of nitrogens with one attached hydrogen (secondary N) is 1. The van der Waals surface area contributed by atoms with Gasteiger partial charge in [-0.1, -0.05) is 11.6 Å². The maximum absolute atomic E-state index is 13.1. The Hall–Kier alpha value is -4.79. The molecule has 196 valence electrons. The first kappa shape index (κ1) is 26.3. The fourth-order valence-electron chi connectivity index (χ4n) is 3.56. The van der Waals surface area contributed by atoms with Crippen LogP contribution in [-0.2, 0) is 4.79 Å². The Morgan fingerprint density at radius 3 is 2.55 bits per heavy atom. The Balaban J connectivity index is 0.000000426. The molecular formula is C22H17ClF3N9O3. The van der Waals surface area contributed by atoms with E-state index in [0.29, 0.717) is 16.4 Å². The second kappa shape index (κ2) is 10.3. The predicted molar refractivity (Wildman–Crippen MR) is 128 cm³/mol. The van der Waals surface area contributed by atoms with Crippen LogP contribution in [0.5, 0.6) is 0 Å². The van der Waals surface area contributed by atoms with Crippen molar-refractivity contribution in [1.82, 2.24) is 39.3 Å². The fraction of sp³-hybridized carbons (Fsp3) is 0.136.